The molecule has 18 heavy (non-hydrogen) atoms. The van der Waals surface area contributed by atoms with Crippen molar-refractivity contribution in [1.82, 2.24) is 15.1 Å². The number of hydrogen-bond acceptors (Lipinski definition) is 2. The van der Waals surface area contributed by atoms with Gasteiger partial charge in [-0.2, -0.15) is 5.10 Å². The summed E-state index contributed by atoms with van der Waals surface area (Å²) in [6.07, 6.45) is 5.24. The lowest BCUT2D eigenvalue weighted by molar-refractivity contribution is 0.0918. The normalized spacial score (nSPS) is 23.9. The Morgan fingerprint density at radius 3 is 2.72 bits per heavy atom. The molecule has 4 nitrogen and oxygen atoms in total. The van der Waals surface area contributed by atoms with Crippen molar-refractivity contribution < 1.29 is 4.79 Å². The van der Waals surface area contributed by atoms with Crippen LogP contribution in [0.4, 0.5) is 0 Å². The van der Waals surface area contributed by atoms with Crippen molar-refractivity contribution in [1.29, 1.82) is 0 Å². The Kier molecular flexibility index (Phi) is 4.43. The van der Waals surface area contributed by atoms with Crippen LogP contribution in [0.25, 0.3) is 0 Å². The summed E-state index contributed by atoms with van der Waals surface area (Å²) in [5.74, 6) is 0.00252. The highest BCUT2D eigenvalue weighted by Gasteiger charge is 2.22. The van der Waals surface area contributed by atoms with Crippen LogP contribution in [0, 0.1) is 0 Å². The Hall–Kier alpha value is -0.840. The van der Waals surface area contributed by atoms with E-state index in [0.29, 0.717) is 16.6 Å². The number of alkyl halides is 1. The SMILES string of the molecule is CCc1cc(C(=O)NC2CCC(Br)CC2)n(C)n1. The third kappa shape index (κ3) is 3.13. The van der Waals surface area contributed by atoms with Gasteiger partial charge in [0.15, 0.2) is 0 Å². The number of aromatic nitrogens is 2. The molecule has 1 heterocycles. The number of halogens is 1. The largest absolute Gasteiger partial charge is 0.348 e. The summed E-state index contributed by atoms with van der Waals surface area (Å²) < 4.78 is 1.67. The highest BCUT2D eigenvalue weighted by atomic mass is 79.9. The van der Waals surface area contributed by atoms with Crippen LogP contribution in [0.3, 0.4) is 0 Å². The van der Waals surface area contributed by atoms with Crippen LogP contribution in [0.15, 0.2) is 6.07 Å². The van der Waals surface area contributed by atoms with Crippen LogP contribution >= 0.6 is 15.9 Å². The molecular formula is C13H20BrN3O. The van der Waals surface area contributed by atoms with Crippen LogP contribution in [-0.2, 0) is 13.5 Å². The molecule has 1 aromatic heterocycles. The molecule has 0 aliphatic heterocycles. The quantitative estimate of drug-likeness (QED) is 0.871. The molecule has 0 spiro atoms. The van der Waals surface area contributed by atoms with Crippen molar-refractivity contribution in [3.8, 4) is 0 Å². The van der Waals surface area contributed by atoms with Gasteiger partial charge in [0.2, 0.25) is 0 Å². The first-order valence-electron chi connectivity index (χ1n) is 6.58. The molecule has 5 heteroatoms. The predicted octanol–water partition coefficient (Wildman–Crippen LogP) is 2.42. The van der Waals surface area contributed by atoms with Gasteiger partial charge < -0.3 is 5.32 Å². The molecule has 1 N–H and O–H groups in total. The van der Waals surface area contributed by atoms with E-state index in [1.54, 1.807) is 4.68 Å². The van der Waals surface area contributed by atoms with E-state index in [9.17, 15) is 4.79 Å². The molecule has 0 unspecified atom stereocenters. The molecule has 100 valence electrons. The Morgan fingerprint density at radius 2 is 2.17 bits per heavy atom. The summed E-state index contributed by atoms with van der Waals surface area (Å²) >= 11 is 3.62. The van der Waals surface area contributed by atoms with E-state index >= 15 is 0 Å². The minimum Gasteiger partial charge on any atom is -0.348 e. The van der Waals surface area contributed by atoms with Crippen LogP contribution in [0.2, 0.25) is 0 Å². The molecule has 1 aromatic rings. The van der Waals surface area contributed by atoms with E-state index in [4.69, 9.17) is 0 Å². The number of hydrogen-bond donors (Lipinski definition) is 1. The summed E-state index contributed by atoms with van der Waals surface area (Å²) in [6, 6.07) is 2.19. The molecule has 1 fully saturated rings. The molecular weight excluding hydrogens is 294 g/mol. The maximum absolute atomic E-state index is 12.2. The molecule has 0 atom stereocenters. The first-order chi connectivity index (χ1) is 8.60. The zero-order valence-electron chi connectivity index (χ0n) is 10.9. The molecule has 0 bridgehead atoms. The molecule has 1 saturated carbocycles. The van der Waals surface area contributed by atoms with Gasteiger partial charge in [-0.3, -0.25) is 9.48 Å². The maximum atomic E-state index is 12.2. The summed E-state index contributed by atoms with van der Waals surface area (Å²) in [7, 11) is 1.82. The summed E-state index contributed by atoms with van der Waals surface area (Å²) in [4.78, 5) is 12.8. The zero-order valence-corrected chi connectivity index (χ0v) is 12.5. The first kappa shape index (κ1) is 13.6. The molecule has 0 aromatic carbocycles. The molecule has 0 radical (unpaired) electrons. The minimum absolute atomic E-state index is 0.00252. The maximum Gasteiger partial charge on any atom is 0.269 e. The number of aryl methyl sites for hydroxylation is 2. The fraction of sp³-hybridized carbons (Fsp3) is 0.692. The second kappa shape index (κ2) is 5.87. The molecule has 1 amide bonds. The van der Waals surface area contributed by atoms with Crippen molar-refractivity contribution in [2.24, 2.45) is 7.05 Å². The van der Waals surface area contributed by atoms with Gasteiger partial charge in [0.05, 0.1) is 5.69 Å². The van der Waals surface area contributed by atoms with Crippen molar-refractivity contribution in [2.45, 2.75) is 49.9 Å². The predicted molar refractivity (Wildman–Crippen MR) is 75.0 cm³/mol. The number of nitrogens with one attached hydrogen (secondary N) is 1. The lowest BCUT2D eigenvalue weighted by Gasteiger charge is -2.25. The van der Waals surface area contributed by atoms with Gasteiger partial charge in [-0.1, -0.05) is 22.9 Å². The molecule has 1 aliphatic carbocycles. The first-order valence-corrected chi connectivity index (χ1v) is 7.49. The molecule has 2 rings (SSSR count). The summed E-state index contributed by atoms with van der Waals surface area (Å²) in [6.45, 7) is 2.04. The van der Waals surface area contributed by atoms with E-state index in [-0.39, 0.29) is 5.91 Å². The highest BCUT2D eigenvalue weighted by molar-refractivity contribution is 9.09. The monoisotopic (exact) mass is 313 g/mol. The molecule has 1 aliphatic rings. The van der Waals surface area contributed by atoms with E-state index in [0.717, 1.165) is 37.8 Å². The Balaban J connectivity index is 1.96. The summed E-state index contributed by atoms with van der Waals surface area (Å²) in [5.41, 5.74) is 1.62. The lowest BCUT2D eigenvalue weighted by Crippen LogP contribution is -2.38. The third-order valence-corrected chi connectivity index (χ3v) is 4.43. The summed E-state index contributed by atoms with van der Waals surface area (Å²) in [5, 5.41) is 7.42. The fourth-order valence-electron chi connectivity index (χ4n) is 2.37. The number of carbonyl (C=O) groups excluding carboxylic acids is 1. The van der Waals surface area contributed by atoms with Crippen LogP contribution in [-0.4, -0.2) is 26.6 Å². The van der Waals surface area contributed by atoms with Crippen LogP contribution < -0.4 is 5.32 Å². The topological polar surface area (TPSA) is 46.9 Å². The average molecular weight is 314 g/mol. The Morgan fingerprint density at radius 1 is 1.50 bits per heavy atom. The van der Waals surface area contributed by atoms with Gasteiger partial charge in [0.25, 0.3) is 5.91 Å². The van der Waals surface area contributed by atoms with Crippen molar-refractivity contribution in [3.05, 3.63) is 17.5 Å². The van der Waals surface area contributed by atoms with Gasteiger partial charge in [-0.25, -0.2) is 0 Å². The lowest BCUT2D eigenvalue weighted by atomic mass is 9.95. The number of amides is 1. The Bertz CT molecular complexity index is 422. The van der Waals surface area contributed by atoms with Gasteiger partial charge in [0, 0.05) is 17.9 Å². The van der Waals surface area contributed by atoms with E-state index in [1.807, 2.05) is 20.0 Å². The number of rotatable bonds is 3. The zero-order chi connectivity index (χ0) is 13.1. The Labute approximate surface area is 116 Å². The standard InChI is InChI=1S/C13H20BrN3O/c1-3-10-8-12(17(2)16-10)13(18)15-11-6-4-9(14)5-7-11/h8-9,11H,3-7H2,1-2H3,(H,15,18). The van der Waals surface area contributed by atoms with Crippen LogP contribution in [0.5, 0.6) is 0 Å². The van der Waals surface area contributed by atoms with Gasteiger partial charge >= 0.3 is 0 Å². The molecule has 0 saturated heterocycles. The van der Waals surface area contributed by atoms with Crippen molar-refractivity contribution >= 4 is 21.8 Å². The second-order valence-corrected chi connectivity index (χ2v) is 6.22. The fourth-order valence-corrected chi connectivity index (χ4v) is 2.90. The third-order valence-electron chi connectivity index (χ3n) is 3.52. The number of nitrogens with zero attached hydrogens (tertiary/aromatic N) is 2. The van der Waals surface area contributed by atoms with E-state index in [2.05, 4.69) is 26.3 Å². The van der Waals surface area contributed by atoms with Crippen molar-refractivity contribution in [2.75, 3.05) is 0 Å². The van der Waals surface area contributed by atoms with E-state index < -0.39 is 0 Å². The van der Waals surface area contributed by atoms with Gasteiger partial charge in [-0.05, 0) is 38.2 Å². The van der Waals surface area contributed by atoms with Gasteiger partial charge in [-0.15, -0.1) is 0 Å². The van der Waals surface area contributed by atoms with Gasteiger partial charge in [0.1, 0.15) is 5.69 Å². The van der Waals surface area contributed by atoms with Crippen molar-refractivity contribution in [3.63, 3.8) is 0 Å². The highest BCUT2D eigenvalue weighted by Crippen LogP contribution is 2.24. The smallest absolute Gasteiger partial charge is 0.269 e. The van der Waals surface area contributed by atoms with Crippen LogP contribution in [0.1, 0.15) is 48.8 Å². The second-order valence-electron chi connectivity index (χ2n) is 4.92. The van der Waals surface area contributed by atoms with E-state index in [1.165, 1.54) is 0 Å². The number of carbonyl (C=O) groups is 1. The minimum atomic E-state index is 0.00252. The average Bonchev–Trinajstić information content (AvgIpc) is 2.73.